The summed E-state index contributed by atoms with van der Waals surface area (Å²) in [7, 11) is 6.13. The molecule has 5 nitrogen and oxygen atoms in total. The molecule has 1 aromatic carbocycles. The molecule has 2 aromatic rings. The van der Waals surface area contributed by atoms with Gasteiger partial charge < -0.3 is 9.47 Å². The van der Waals surface area contributed by atoms with Crippen molar-refractivity contribution in [1.29, 1.82) is 0 Å². The molecule has 0 fully saturated rings. The molecule has 1 heterocycles. The van der Waals surface area contributed by atoms with E-state index in [-0.39, 0.29) is 5.69 Å². The van der Waals surface area contributed by atoms with E-state index >= 15 is 0 Å². The molecule has 0 aliphatic rings. The molecule has 0 saturated heterocycles. The van der Waals surface area contributed by atoms with E-state index in [1.165, 1.54) is 0 Å². The van der Waals surface area contributed by atoms with Crippen LogP contribution in [0.4, 0.5) is 0 Å². The summed E-state index contributed by atoms with van der Waals surface area (Å²) in [5, 5.41) is 0. The van der Waals surface area contributed by atoms with E-state index in [2.05, 4.69) is 9.24 Å². The number of para-hydroxylation sites is 1. The maximum Gasteiger partial charge on any atom is 0.328 e. The van der Waals surface area contributed by atoms with Gasteiger partial charge in [0.1, 0.15) is 17.9 Å². The van der Waals surface area contributed by atoms with Gasteiger partial charge in [0.2, 0.25) is 0 Å². The second-order valence-electron chi connectivity index (χ2n) is 4.27. The molecule has 0 N–H and O–H groups in total. The lowest BCUT2D eigenvalue weighted by Crippen LogP contribution is -2.19. The third kappa shape index (κ3) is 2.82. The maximum atomic E-state index is 11.9. The van der Waals surface area contributed by atoms with Gasteiger partial charge in [0, 0.05) is 14.1 Å². The minimum Gasteiger partial charge on any atom is -0.489 e. The largest absolute Gasteiger partial charge is 0.489 e. The third-order valence-corrected chi connectivity index (χ3v) is 3.23. The highest BCUT2D eigenvalue weighted by Crippen LogP contribution is 2.23. The molecular weight excluding hydrogens is 263 g/mol. The standard InChI is InChI=1S/C13H19N2O3P/c1-14-10-4-3-5-11(12(10)15(2)13(14)16)18-7-6-17-8-9-19/h3-5H,6-9,19H2,1-2H3. The van der Waals surface area contributed by atoms with Gasteiger partial charge in [-0.2, -0.15) is 0 Å². The van der Waals surface area contributed by atoms with Crippen molar-refractivity contribution in [3.8, 4) is 5.75 Å². The Hall–Kier alpha value is -1.32. The molecule has 104 valence electrons. The van der Waals surface area contributed by atoms with Crippen molar-refractivity contribution in [3.63, 3.8) is 0 Å². The van der Waals surface area contributed by atoms with Crippen LogP contribution in [0.2, 0.25) is 0 Å². The van der Waals surface area contributed by atoms with Gasteiger partial charge in [-0.3, -0.25) is 9.13 Å². The van der Waals surface area contributed by atoms with Gasteiger partial charge >= 0.3 is 5.69 Å². The number of aromatic nitrogens is 2. The lowest BCUT2D eigenvalue weighted by molar-refractivity contribution is 0.112. The Morgan fingerprint density at radius 3 is 2.68 bits per heavy atom. The number of aryl methyl sites for hydroxylation is 2. The molecule has 2 rings (SSSR count). The summed E-state index contributed by atoms with van der Waals surface area (Å²) in [6.07, 6.45) is 0.919. The Morgan fingerprint density at radius 1 is 1.16 bits per heavy atom. The SMILES string of the molecule is Cn1c(=O)n(C)c2c(OCCOCCP)cccc21. The third-order valence-electron chi connectivity index (χ3n) is 3.00. The smallest absolute Gasteiger partial charge is 0.328 e. The van der Waals surface area contributed by atoms with E-state index < -0.39 is 0 Å². The van der Waals surface area contributed by atoms with E-state index in [0.717, 1.165) is 17.2 Å². The predicted octanol–water partition coefficient (Wildman–Crippen LogP) is 1.15. The number of ether oxygens (including phenoxy) is 2. The Bertz CT molecular complexity index is 618. The fraction of sp³-hybridized carbons (Fsp3) is 0.462. The Kier molecular flexibility index (Phi) is 4.61. The summed E-state index contributed by atoms with van der Waals surface area (Å²) in [6, 6.07) is 5.67. The van der Waals surface area contributed by atoms with Crippen molar-refractivity contribution in [2.24, 2.45) is 14.1 Å². The number of nitrogens with zero attached hydrogens (tertiary/aromatic N) is 2. The predicted molar refractivity (Wildman–Crippen MR) is 79.1 cm³/mol. The van der Waals surface area contributed by atoms with Crippen LogP contribution < -0.4 is 10.4 Å². The fourth-order valence-corrected chi connectivity index (χ4v) is 2.22. The van der Waals surface area contributed by atoms with Crippen LogP contribution in [0.3, 0.4) is 0 Å². The van der Waals surface area contributed by atoms with Crippen LogP contribution in [0.5, 0.6) is 5.75 Å². The van der Waals surface area contributed by atoms with Crippen LogP contribution >= 0.6 is 9.24 Å². The minimum absolute atomic E-state index is 0.0506. The van der Waals surface area contributed by atoms with Crippen LogP contribution in [-0.2, 0) is 18.8 Å². The second kappa shape index (κ2) is 6.22. The Labute approximate surface area is 114 Å². The van der Waals surface area contributed by atoms with Gasteiger partial charge in [0.25, 0.3) is 0 Å². The molecule has 0 aliphatic carbocycles. The molecule has 0 aliphatic heterocycles. The summed E-state index contributed by atoms with van der Waals surface area (Å²) in [5.74, 6) is 0.715. The molecule has 1 aromatic heterocycles. The fourth-order valence-electron chi connectivity index (χ4n) is 2.05. The van der Waals surface area contributed by atoms with Crippen LogP contribution in [0.15, 0.2) is 23.0 Å². The summed E-state index contributed by atoms with van der Waals surface area (Å²) in [6.45, 7) is 1.74. The van der Waals surface area contributed by atoms with Crippen molar-refractivity contribution < 1.29 is 9.47 Å². The molecule has 0 bridgehead atoms. The molecule has 19 heavy (non-hydrogen) atoms. The first-order valence-electron chi connectivity index (χ1n) is 6.22. The van der Waals surface area contributed by atoms with Gasteiger partial charge in [-0.05, 0) is 18.3 Å². The van der Waals surface area contributed by atoms with Gasteiger partial charge in [-0.25, -0.2) is 4.79 Å². The number of benzene rings is 1. The zero-order valence-corrected chi connectivity index (χ0v) is 12.4. The van der Waals surface area contributed by atoms with Crippen molar-refractivity contribution >= 4 is 20.3 Å². The summed E-state index contributed by atoms with van der Waals surface area (Å²) in [4.78, 5) is 11.9. The number of hydrogen-bond acceptors (Lipinski definition) is 3. The summed E-state index contributed by atoms with van der Waals surface area (Å²) < 4.78 is 14.3. The first-order valence-corrected chi connectivity index (χ1v) is 7.03. The highest BCUT2D eigenvalue weighted by atomic mass is 31.0. The van der Waals surface area contributed by atoms with Crippen LogP contribution in [0, 0.1) is 0 Å². The number of hydrogen-bond donors (Lipinski definition) is 0. The molecular formula is C13H19N2O3P. The molecule has 6 heteroatoms. The maximum absolute atomic E-state index is 11.9. The lowest BCUT2D eigenvalue weighted by Gasteiger charge is -2.08. The van der Waals surface area contributed by atoms with Gasteiger partial charge in [-0.15, -0.1) is 9.24 Å². The molecule has 0 amide bonds. The van der Waals surface area contributed by atoms with E-state index in [0.29, 0.717) is 25.6 Å². The highest BCUT2D eigenvalue weighted by molar-refractivity contribution is 7.16. The summed E-state index contributed by atoms with van der Waals surface area (Å²) in [5.41, 5.74) is 1.64. The zero-order valence-electron chi connectivity index (χ0n) is 11.3. The van der Waals surface area contributed by atoms with E-state index in [9.17, 15) is 4.79 Å². The van der Waals surface area contributed by atoms with E-state index in [1.54, 1.807) is 23.2 Å². The normalized spacial score (nSPS) is 11.1. The topological polar surface area (TPSA) is 45.4 Å². The highest BCUT2D eigenvalue weighted by Gasteiger charge is 2.12. The molecule has 0 radical (unpaired) electrons. The zero-order chi connectivity index (χ0) is 13.8. The Morgan fingerprint density at radius 2 is 1.95 bits per heavy atom. The lowest BCUT2D eigenvalue weighted by atomic mass is 10.3. The monoisotopic (exact) mass is 282 g/mol. The van der Waals surface area contributed by atoms with Crippen molar-refractivity contribution in [3.05, 3.63) is 28.7 Å². The second-order valence-corrected chi connectivity index (χ2v) is 4.85. The van der Waals surface area contributed by atoms with Gasteiger partial charge in [0.15, 0.2) is 0 Å². The number of imidazole rings is 1. The Balaban J connectivity index is 2.20. The van der Waals surface area contributed by atoms with E-state index in [1.807, 2.05) is 18.2 Å². The van der Waals surface area contributed by atoms with Crippen molar-refractivity contribution in [2.45, 2.75) is 0 Å². The van der Waals surface area contributed by atoms with Gasteiger partial charge in [0.05, 0.1) is 18.7 Å². The first-order chi connectivity index (χ1) is 9.16. The van der Waals surface area contributed by atoms with Crippen LogP contribution in [0.1, 0.15) is 0 Å². The molecule has 1 unspecified atom stereocenters. The molecule has 0 saturated carbocycles. The first kappa shape index (κ1) is 14.1. The van der Waals surface area contributed by atoms with E-state index in [4.69, 9.17) is 9.47 Å². The van der Waals surface area contributed by atoms with Crippen LogP contribution in [0.25, 0.3) is 11.0 Å². The van der Waals surface area contributed by atoms with Crippen LogP contribution in [-0.4, -0.2) is 35.1 Å². The average molecular weight is 282 g/mol. The average Bonchev–Trinajstić information content (AvgIpc) is 2.64. The van der Waals surface area contributed by atoms with Gasteiger partial charge in [-0.1, -0.05) is 6.07 Å². The van der Waals surface area contributed by atoms with Crippen molar-refractivity contribution in [1.82, 2.24) is 9.13 Å². The quantitative estimate of drug-likeness (QED) is 0.590. The van der Waals surface area contributed by atoms with Crippen molar-refractivity contribution in [2.75, 3.05) is 26.0 Å². The number of fused-ring (bicyclic) bond motifs is 1. The minimum atomic E-state index is -0.0506. The molecule has 1 atom stereocenters. The molecule has 0 spiro atoms. The number of rotatable bonds is 6. The summed E-state index contributed by atoms with van der Waals surface area (Å²) >= 11 is 0.